The van der Waals surface area contributed by atoms with Gasteiger partial charge in [0.25, 0.3) is 0 Å². The third-order valence-corrected chi connectivity index (χ3v) is 9.00. The summed E-state index contributed by atoms with van der Waals surface area (Å²) in [7, 11) is 0. The van der Waals surface area contributed by atoms with Crippen molar-refractivity contribution in [2.75, 3.05) is 0 Å². The van der Waals surface area contributed by atoms with Crippen LogP contribution in [0.2, 0.25) is 0 Å². The Morgan fingerprint density at radius 2 is 1.26 bits per heavy atom. The van der Waals surface area contributed by atoms with E-state index in [0.29, 0.717) is 5.71 Å². The summed E-state index contributed by atoms with van der Waals surface area (Å²) in [6.07, 6.45) is 0. The Bertz CT molecular complexity index is 2350. The van der Waals surface area contributed by atoms with E-state index in [4.69, 9.17) is 14.4 Å². The zero-order chi connectivity index (χ0) is 31.6. The molecule has 0 amide bonds. The van der Waals surface area contributed by atoms with Crippen molar-refractivity contribution in [1.29, 1.82) is 0 Å². The maximum absolute atomic E-state index is 6.62. The Balaban J connectivity index is 1.55. The van der Waals surface area contributed by atoms with Gasteiger partial charge in [-0.05, 0) is 84.0 Å². The van der Waals surface area contributed by atoms with Gasteiger partial charge in [0.2, 0.25) is 5.71 Å². The number of imidazole rings is 1. The van der Waals surface area contributed by atoms with Crippen LogP contribution >= 0.6 is 0 Å². The lowest BCUT2D eigenvalue weighted by atomic mass is 9.82. The van der Waals surface area contributed by atoms with Crippen LogP contribution in [0.25, 0.3) is 72.4 Å². The fourth-order valence-corrected chi connectivity index (χ4v) is 6.61. The highest BCUT2D eigenvalue weighted by atomic mass is 16.3. The number of aryl methyl sites for hydroxylation is 2. The van der Waals surface area contributed by atoms with Crippen LogP contribution < -0.4 is 0 Å². The molecule has 0 saturated carbocycles. The number of nitrogens with zero attached hydrogens (tertiary/aromatic N) is 3. The lowest BCUT2D eigenvalue weighted by Crippen LogP contribution is -2.13. The summed E-state index contributed by atoms with van der Waals surface area (Å²) in [5, 5.41) is 2.10. The van der Waals surface area contributed by atoms with Gasteiger partial charge >= 0.3 is 0 Å². The van der Waals surface area contributed by atoms with Crippen LogP contribution in [-0.4, -0.2) is 14.5 Å². The lowest BCUT2D eigenvalue weighted by molar-refractivity contribution is 0.590. The van der Waals surface area contributed by atoms with E-state index in [1.165, 1.54) is 5.56 Å². The molecule has 0 unspecified atom stereocenters. The summed E-state index contributed by atoms with van der Waals surface area (Å²) in [5.41, 5.74) is 13.3. The molecule has 0 fully saturated rings. The van der Waals surface area contributed by atoms with Crippen molar-refractivity contribution in [3.8, 4) is 39.3 Å². The van der Waals surface area contributed by atoms with E-state index < -0.39 is 0 Å². The van der Waals surface area contributed by atoms with Crippen LogP contribution in [0.3, 0.4) is 0 Å². The normalized spacial score (nSPS) is 12.0. The summed E-state index contributed by atoms with van der Waals surface area (Å²) >= 11 is 0. The standard InChI is InChI=1S/C42H35N3O/c1-26-20-22-32(39-37(26)31-23-21-27(2)43-41(31)46-39)40-44-35-18-12-13-19-36(35)45(40)38-33(28-14-8-6-9-15-28)24-30(42(3,4)5)25-34(38)29-16-10-7-11-17-29/h6-25H,1-5H3. The first-order valence-electron chi connectivity index (χ1n) is 15.8. The van der Waals surface area contributed by atoms with Crippen molar-refractivity contribution in [2.24, 2.45) is 0 Å². The van der Waals surface area contributed by atoms with Gasteiger partial charge < -0.3 is 4.42 Å². The molecular weight excluding hydrogens is 562 g/mol. The van der Waals surface area contributed by atoms with Crippen LogP contribution in [0.4, 0.5) is 0 Å². The molecule has 0 aliphatic rings. The third-order valence-electron chi connectivity index (χ3n) is 9.00. The summed E-state index contributed by atoms with van der Waals surface area (Å²) < 4.78 is 8.97. The first kappa shape index (κ1) is 28.0. The minimum Gasteiger partial charge on any atom is -0.437 e. The van der Waals surface area contributed by atoms with Crippen LogP contribution in [0.5, 0.6) is 0 Å². The van der Waals surface area contributed by atoms with Crippen molar-refractivity contribution in [1.82, 2.24) is 14.5 Å². The van der Waals surface area contributed by atoms with Gasteiger partial charge in [-0.2, -0.15) is 0 Å². The summed E-state index contributed by atoms with van der Waals surface area (Å²) in [5.74, 6) is 0.833. The first-order valence-corrected chi connectivity index (χ1v) is 15.8. The highest BCUT2D eigenvalue weighted by molar-refractivity contribution is 6.10. The van der Waals surface area contributed by atoms with E-state index in [-0.39, 0.29) is 5.41 Å². The molecule has 0 aliphatic carbocycles. The minimum absolute atomic E-state index is 0.0616. The predicted octanol–water partition coefficient (Wildman–Crippen LogP) is 11.2. The number of para-hydroxylation sites is 2. The summed E-state index contributed by atoms with van der Waals surface area (Å²) in [6.45, 7) is 11.0. The van der Waals surface area contributed by atoms with Crippen molar-refractivity contribution in [3.63, 3.8) is 0 Å². The molecule has 0 bridgehead atoms. The van der Waals surface area contributed by atoms with Crippen LogP contribution in [-0.2, 0) is 5.41 Å². The van der Waals surface area contributed by atoms with E-state index in [2.05, 4.69) is 148 Å². The molecule has 46 heavy (non-hydrogen) atoms. The number of fused-ring (bicyclic) bond motifs is 4. The molecule has 3 aromatic heterocycles. The average Bonchev–Trinajstić information content (AvgIpc) is 3.63. The van der Waals surface area contributed by atoms with Crippen molar-refractivity contribution in [2.45, 2.75) is 40.0 Å². The smallest absolute Gasteiger partial charge is 0.227 e. The molecule has 0 atom stereocenters. The van der Waals surface area contributed by atoms with Crippen molar-refractivity contribution < 1.29 is 4.42 Å². The summed E-state index contributed by atoms with van der Waals surface area (Å²) in [4.78, 5) is 10.1. The van der Waals surface area contributed by atoms with E-state index in [0.717, 1.165) is 78.0 Å². The Morgan fingerprint density at radius 1 is 0.630 bits per heavy atom. The molecule has 0 saturated heterocycles. The topological polar surface area (TPSA) is 43.9 Å². The van der Waals surface area contributed by atoms with Gasteiger partial charge in [-0.15, -0.1) is 0 Å². The Kier molecular flexibility index (Phi) is 6.43. The van der Waals surface area contributed by atoms with Crippen molar-refractivity contribution in [3.05, 3.63) is 138 Å². The Hall–Kier alpha value is -5.48. The van der Waals surface area contributed by atoms with Gasteiger partial charge in [0.05, 0.1) is 22.3 Å². The molecule has 8 aromatic rings. The number of benzene rings is 5. The SMILES string of the molecule is Cc1ccc2c(n1)oc1c(-c3nc4ccccc4n3-c3c(-c4ccccc4)cc(C(C)(C)C)cc3-c3ccccc3)ccc(C)c12. The molecule has 4 nitrogen and oxygen atoms in total. The van der Waals surface area contributed by atoms with Gasteiger partial charge in [-0.25, -0.2) is 9.97 Å². The molecule has 4 heteroatoms. The Morgan fingerprint density at radius 3 is 1.91 bits per heavy atom. The summed E-state index contributed by atoms with van der Waals surface area (Å²) in [6, 6.07) is 43.1. The van der Waals surface area contributed by atoms with Gasteiger partial charge in [0, 0.05) is 27.6 Å². The zero-order valence-electron chi connectivity index (χ0n) is 26.8. The minimum atomic E-state index is -0.0616. The van der Waals surface area contributed by atoms with E-state index in [1.54, 1.807) is 0 Å². The van der Waals surface area contributed by atoms with Gasteiger partial charge in [-0.3, -0.25) is 4.57 Å². The van der Waals surface area contributed by atoms with Crippen LogP contribution in [0.1, 0.15) is 37.6 Å². The number of furan rings is 1. The molecule has 0 radical (unpaired) electrons. The molecule has 0 N–H and O–H groups in total. The maximum atomic E-state index is 6.62. The third kappa shape index (κ3) is 4.52. The number of hydrogen-bond acceptors (Lipinski definition) is 3. The second kappa shape index (κ2) is 10.6. The zero-order valence-corrected chi connectivity index (χ0v) is 26.8. The van der Waals surface area contributed by atoms with Gasteiger partial charge in [0.15, 0.2) is 0 Å². The highest BCUT2D eigenvalue weighted by Gasteiger charge is 2.27. The number of hydrogen-bond donors (Lipinski definition) is 0. The molecule has 5 aromatic carbocycles. The highest BCUT2D eigenvalue weighted by Crippen LogP contribution is 2.45. The molecule has 224 valence electrons. The van der Waals surface area contributed by atoms with Gasteiger partial charge in [0.1, 0.15) is 11.4 Å². The van der Waals surface area contributed by atoms with Crippen molar-refractivity contribution >= 4 is 33.1 Å². The molecule has 3 heterocycles. The van der Waals surface area contributed by atoms with Crippen LogP contribution in [0, 0.1) is 13.8 Å². The number of pyridine rings is 1. The molecule has 0 spiro atoms. The predicted molar refractivity (Wildman–Crippen MR) is 191 cm³/mol. The van der Waals surface area contributed by atoms with Crippen LogP contribution in [0.15, 0.2) is 126 Å². The molecule has 0 aliphatic heterocycles. The van der Waals surface area contributed by atoms with E-state index >= 15 is 0 Å². The molecule has 8 rings (SSSR count). The largest absolute Gasteiger partial charge is 0.437 e. The monoisotopic (exact) mass is 597 g/mol. The van der Waals surface area contributed by atoms with E-state index in [9.17, 15) is 0 Å². The van der Waals surface area contributed by atoms with E-state index in [1.807, 2.05) is 13.0 Å². The number of rotatable bonds is 4. The first-order chi connectivity index (χ1) is 22.3. The molecular formula is C42H35N3O. The second-order valence-electron chi connectivity index (χ2n) is 13.2. The fourth-order valence-electron chi connectivity index (χ4n) is 6.61. The average molecular weight is 598 g/mol. The fraction of sp³-hybridized carbons (Fsp3) is 0.143. The second-order valence-corrected chi connectivity index (χ2v) is 13.2. The van der Waals surface area contributed by atoms with Gasteiger partial charge in [-0.1, -0.05) is 99.6 Å². The Labute approximate surface area is 269 Å². The quantitative estimate of drug-likeness (QED) is 0.203. The number of aromatic nitrogens is 3. The maximum Gasteiger partial charge on any atom is 0.227 e. The lowest BCUT2D eigenvalue weighted by Gasteiger charge is -2.26.